The van der Waals surface area contributed by atoms with Crippen molar-refractivity contribution in [3.63, 3.8) is 0 Å². The van der Waals surface area contributed by atoms with Crippen LogP contribution in [0.4, 0.5) is 13.2 Å². The summed E-state index contributed by atoms with van der Waals surface area (Å²) in [6.07, 6.45) is -4.46. The van der Waals surface area contributed by atoms with Gasteiger partial charge in [-0.1, -0.05) is 0 Å². The highest BCUT2D eigenvalue weighted by Gasteiger charge is 2.42. The summed E-state index contributed by atoms with van der Waals surface area (Å²) in [4.78, 5) is 11.0. The van der Waals surface area contributed by atoms with E-state index >= 15 is 0 Å². The van der Waals surface area contributed by atoms with E-state index in [1.165, 1.54) is 6.07 Å². The minimum absolute atomic E-state index is 0.0494. The van der Waals surface area contributed by atoms with E-state index < -0.39 is 29.7 Å². The van der Waals surface area contributed by atoms with Crippen molar-refractivity contribution in [1.29, 1.82) is 0 Å². The van der Waals surface area contributed by atoms with Crippen LogP contribution in [0.3, 0.4) is 0 Å². The van der Waals surface area contributed by atoms with Gasteiger partial charge in [0.15, 0.2) is 11.5 Å². The zero-order valence-electron chi connectivity index (χ0n) is 10.7. The number of hydrogen-bond donors (Lipinski definition) is 2. The molecule has 3 rings (SSSR count). The van der Waals surface area contributed by atoms with Crippen LogP contribution in [0.5, 0.6) is 11.5 Å². The summed E-state index contributed by atoms with van der Waals surface area (Å²) >= 11 is 0. The minimum atomic E-state index is -4.54. The normalized spacial score (nSPS) is 24.3. The molecule has 0 amide bonds. The first kappa shape index (κ1) is 14.0. The van der Waals surface area contributed by atoms with Crippen molar-refractivity contribution in [2.75, 3.05) is 13.3 Å². The molecule has 0 radical (unpaired) electrons. The van der Waals surface area contributed by atoms with Crippen molar-refractivity contribution in [3.05, 3.63) is 23.3 Å². The molecule has 0 aromatic heterocycles. The SMILES string of the molecule is O=C(O)C1CNC(c2c(C(F)(F)F)ccc3c2OCO3)C1. The molecule has 0 spiro atoms. The summed E-state index contributed by atoms with van der Waals surface area (Å²) < 4.78 is 49.8. The Morgan fingerprint density at radius 3 is 2.71 bits per heavy atom. The molecular formula is C13H12F3NO4. The molecule has 1 aromatic carbocycles. The first-order valence-electron chi connectivity index (χ1n) is 6.34. The first-order chi connectivity index (χ1) is 9.88. The number of hydrogen-bond acceptors (Lipinski definition) is 4. The first-order valence-corrected chi connectivity index (χ1v) is 6.34. The second-order valence-electron chi connectivity index (χ2n) is 4.99. The number of rotatable bonds is 2. The fourth-order valence-electron chi connectivity index (χ4n) is 2.73. The van der Waals surface area contributed by atoms with E-state index in [0.29, 0.717) is 0 Å². The van der Waals surface area contributed by atoms with Crippen LogP contribution in [-0.2, 0) is 11.0 Å². The molecule has 114 valence electrons. The van der Waals surface area contributed by atoms with Gasteiger partial charge in [-0.3, -0.25) is 4.79 Å². The van der Waals surface area contributed by atoms with Crippen molar-refractivity contribution < 1.29 is 32.5 Å². The molecule has 0 bridgehead atoms. The van der Waals surface area contributed by atoms with Crippen molar-refractivity contribution in [3.8, 4) is 11.5 Å². The van der Waals surface area contributed by atoms with Crippen molar-refractivity contribution in [2.24, 2.45) is 5.92 Å². The number of benzene rings is 1. The average molecular weight is 303 g/mol. The summed E-state index contributed by atoms with van der Waals surface area (Å²) in [6.45, 7) is -0.0133. The Balaban J connectivity index is 2.04. The second-order valence-corrected chi connectivity index (χ2v) is 4.99. The molecule has 2 aliphatic rings. The lowest BCUT2D eigenvalue weighted by molar-refractivity contribution is -0.141. The van der Waals surface area contributed by atoms with Gasteiger partial charge in [0, 0.05) is 18.2 Å². The van der Waals surface area contributed by atoms with Crippen LogP contribution < -0.4 is 14.8 Å². The Morgan fingerprint density at radius 2 is 2.10 bits per heavy atom. The topological polar surface area (TPSA) is 67.8 Å². The van der Waals surface area contributed by atoms with Crippen molar-refractivity contribution in [1.82, 2.24) is 5.32 Å². The Morgan fingerprint density at radius 1 is 1.33 bits per heavy atom. The van der Waals surface area contributed by atoms with Gasteiger partial charge in [-0.15, -0.1) is 0 Å². The molecule has 2 N–H and O–H groups in total. The Bertz CT molecular complexity index is 588. The Hall–Kier alpha value is -1.96. The number of fused-ring (bicyclic) bond motifs is 1. The van der Waals surface area contributed by atoms with Crippen molar-refractivity contribution >= 4 is 5.97 Å². The fourth-order valence-corrected chi connectivity index (χ4v) is 2.73. The standard InChI is InChI=1S/C13H12F3NO4/c14-13(15,16)7-1-2-9-11(21-5-20-9)10(7)8-3-6(4-17-8)12(18)19/h1-2,6,8,17H,3-5H2,(H,18,19). The second kappa shape index (κ2) is 4.80. The third kappa shape index (κ3) is 2.39. The van der Waals surface area contributed by atoms with Crippen LogP contribution in [0, 0.1) is 5.92 Å². The van der Waals surface area contributed by atoms with E-state index in [0.717, 1.165) is 6.07 Å². The van der Waals surface area contributed by atoms with Gasteiger partial charge in [-0.05, 0) is 18.6 Å². The molecule has 2 aliphatic heterocycles. The van der Waals surface area contributed by atoms with Gasteiger partial charge in [-0.25, -0.2) is 0 Å². The minimum Gasteiger partial charge on any atom is -0.481 e. The summed E-state index contributed by atoms with van der Waals surface area (Å²) in [5, 5.41) is 11.8. The molecule has 21 heavy (non-hydrogen) atoms. The maximum absolute atomic E-state index is 13.2. The average Bonchev–Trinajstić information content (AvgIpc) is 3.05. The number of halogens is 3. The number of nitrogens with one attached hydrogen (secondary N) is 1. The molecule has 5 nitrogen and oxygen atoms in total. The predicted molar refractivity (Wildman–Crippen MR) is 64.1 cm³/mol. The number of alkyl halides is 3. The highest BCUT2D eigenvalue weighted by atomic mass is 19.4. The van der Waals surface area contributed by atoms with Gasteiger partial charge in [0.2, 0.25) is 6.79 Å². The molecular weight excluding hydrogens is 291 g/mol. The monoisotopic (exact) mass is 303 g/mol. The van der Waals surface area contributed by atoms with E-state index in [1.807, 2.05) is 0 Å². The van der Waals surface area contributed by atoms with Gasteiger partial charge in [0.05, 0.1) is 11.5 Å². The molecule has 1 fully saturated rings. The van der Waals surface area contributed by atoms with Gasteiger partial charge in [0.25, 0.3) is 0 Å². The maximum atomic E-state index is 13.2. The smallest absolute Gasteiger partial charge is 0.416 e. The van der Waals surface area contributed by atoms with E-state index in [1.54, 1.807) is 0 Å². The van der Waals surface area contributed by atoms with Gasteiger partial charge < -0.3 is 19.9 Å². The quantitative estimate of drug-likeness (QED) is 0.876. The largest absolute Gasteiger partial charge is 0.481 e. The van der Waals surface area contributed by atoms with Gasteiger partial charge in [-0.2, -0.15) is 13.2 Å². The Labute approximate surface area is 117 Å². The van der Waals surface area contributed by atoms with Crippen LogP contribution in [0.15, 0.2) is 12.1 Å². The molecule has 2 unspecified atom stereocenters. The third-order valence-corrected chi connectivity index (χ3v) is 3.71. The molecule has 2 atom stereocenters. The molecule has 0 saturated carbocycles. The lowest BCUT2D eigenvalue weighted by atomic mass is 9.94. The molecule has 8 heteroatoms. The number of carboxylic acid groups (broad SMARTS) is 1. The van der Waals surface area contributed by atoms with Crippen LogP contribution in [-0.4, -0.2) is 24.4 Å². The highest BCUT2D eigenvalue weighted by molar-refractivity contribution is 5.71. The number of carboxylic acids is 1. The van der Waals surface area contributed by atoms with Crippen LogP contribution in [0.2, 0.25) is 0 Å². The number of carbonyl (C=O) groups is 1. The van der Waals surface area contributed by atoms with Gasteiger partial charge >= 0.3 is 12.1 Å². The zero-order valence-corrected chi connectivity index (χ0v) is 10.7. The summed E-state index contributed by atoms with van der Waals surface area (Å²) in [7, 11) is 0. The fraction of sp³-hybridized carbons (Fsp3) is 0.462. The highest BCUT2D eigenvalue weighted by Crippen LogP contribution is 2.47. The van der Waals surface area contributed by atoms with Gasteiger partial charge in [0.1, 0.15) is 0 Å². The zero-order chi connectivity index (χ0) is 15.2. The number of ether oxygens (including phenoxy) is 2. The lowest BCUT2D eigenvalue weighted by Gasteiger charge is -2.19. The van der Waals surface area contributed by atoms with E-state index in [9.17, 15) is 18.0 Å². The summed E-state index contributed by atoms with van der Waals surface area (Å²) in [6, 6.07) is 1.44. The summed E-state index contributed by atoms with van der Waals surface area (Å²) in [5.41, 5.74) is -0.892. The van der Waals surface area contributed by atoms with Crippen LogP contribution >= 0.6 is 0 Å². The van der Waals surface area contributed by atoms with E-state index in [-0.39, 0.29) is 36.8 Å². The van der Waals surface area contributed by atoms with E-state index in [2.05, 4.69) is 5.32 Å². The molecule has 1 saturated heterocycles. The van der Waals surface area contributed by atoms with E-state index in [4.69, 9.17) is 14.6 Å². The summed E-state index contributed by atoms with van der Waals surface area (Å²) in [5.74, 6) is -1.44. The Kier molecular flexibility index (Phi) is 3.20. The lowest BCUT2D eigenvalue weighted by Crippen LogP contribution is -2.20. The maximum Gasteiger partial charge on any atom is 0.416 e. The molecule has 1 aromatic rings. The van der Waals surface area contributed by atoms with Crippen LogP contribution in [0.1, 0.15) is 23.6 Å². The number of aliphatic carboxylic acids is 1. The molecule has 0 aliphatic carbocycles. The van der Waals surface area contributed by atoms with Crippen molar-refractivity contribution in [2.45, 2.75) is 18.6 Å². The molecule has 2 heterocycles. The predicted octanol–water partition coefficient (Wildman–Crippen LogP) is 2.17. The van der Waals surface area contributed by atoms with Crippen LogP contribution in [0.25, 0.3) is 0 Å². The third-order valence-electron chi connectivity index (χ3n) is 3.71.